The van der Waals surface area contributed by atoms with Crippen LogP contribution in [0.1, 0.15) is 36.4 Å². The molecule has 0 fully saturated rings. The quantitative estimate of drug-likeness (QED) is 0.696. The van der Waals surface area contributed by atoms with Crippen molar-refractivity contribution in [2.75, 3.05) is 7.18 Å². The van der Waals surface area contributed by atoms with Gasteiger partial charge in [0, 0.05) is 24.0 Å². The van der Waals surface area contributed by atoms with Crippen molar-refractivity contribution in [1.29, 1.82) is 0 Å². The zero-order valence-electron chi connectivity index (χ0n) is 11.4. The summed E-state index contributed by atoms with van der Waals surface area (Å²) < 4.78 is 11.6. The highest BCUT2D eigenvalue weighted by Gasteiger charge is 2.09. The molecular weight excluding hydrogens is 201 g/mol. The van der Waals surface area contributed by atoms with Crippen LogP contribution in [0.3, 0.4) is 0 Å². The minimum Gasteiger partial charge on any atom is -0.348 e. The molecule has 0 saturated carbocycles. The summed E-state index contributed by atoms with van der Waals surface area (Å²) in [6.07, 6.45) is 3.76. The van der Waals surface area contributed by atoms with E-state index < -0.39 is 0 Å². The Balaban J connectivity index is 0. The first kappa shape index (κ1) is 17.1. The van der Waals surface area contributed by atoms with E-state index >= 15 is 0 Å². The summed E-state index contributed by atoms with van der Waals surface area (Å²) in [5.41, 5.74) is 4.92. The molecule has 0 spiro atoms. The number of aromatic nitrogens is 1. The van der Waals surface area contributed by atoms with Gasteiger partial charge in [-0.1, -0.05) is 33.1 Å². The molecule has 0 amide bonds. The highest BCUT2D eigenvalue weighted by molar-refractivity contribution is 5.66. The Morgan fingerprint density at radius 2 is 1.50 bits per heavy atom. The summed E-state index contributed by atoms with van der Waals surface area (Å²) in [6, 6.07) is 0. The van der Waals surface area contributed by atoms with Crippen molar-refractivity contribution in [2.45, 2.75) is 27.7 Å². The maximum absolute atomic E-state index is 9.50. The lowest BCUT2D eigenvalue weighted by Crippen LogP contribution is -1.93. The highest BCUT2D eigenvalue weighted by atomic mass is 19.1. The third-order valence-corrected chi connectivity index (χ3v) is 2.48. The van der Waals surface area contributed by atoms with E-state index in [2.05, 4.69) is 31.6 Å². The van der Waals surface area contributed by atoms with Crippen LogP contribution in [-0.4, -0.2) is 11.7 Å². The summed E-state index contributed by atoms with van der Waals surface area (Å²) in [6.45, 7) is 15.8. The molecule has 0 aliphatic rings. The molecule has 92 valence electrons. The summed E-state index contributed by atoms with van der Waals surface area (Å²) >= 11 is 0. The van der Waals surface area contributed by atoms with Crippen molar-refractivity contribution in [3.8, 4) is 0 Å². The molecule has 2 heteroatoms. The first-order valence-electron chi connectivity index (χ1n) is 5.42. The Bertz CT molecular complexity index is 303. The van der Waals surface area contributed by atoms with Crippen molar-refractivity contribution >= 4 is 12.2 Å². The van der Waals surface area contributed by atoms with Crippen LogP contribution in [0.25, 0.3) is 12.2 Å². The Labute approximate surface area is 99.3 Å². The van der Waals surface area contributed by atoms with Crippen LogP contribution < -0.4 is 0 Å². The van der Waals surface area contributed by atoms with Crippen LogP contribution in [0.2, 0.25) is 0 Å². The van der Waals surface area contributed by atoms with Gasteiger partial charge in [0.2, 0.25) is 0 Å². The van der Waals surface area contributed by atoms with Crippen molar-refractivity contribution in [2.24, 2.45) is 7.05 Å². The van der Waals surface area contributed by atoms with Gasteiger partial charge in [0.05, 0.1) is 7.18 Å². The number of rotatable bonds is 2. The van der Waals surface area contributed by atoms with E-state index in [0.717, 1.165) is 5.69 Å². The lowest BCUT2D eigenvalue weighted by Gasteiger charge is -1.99. The second kappa shape index (κ2) is 8.96. The molecule has 0 radical (unpaired) electrons. The van der Waals surface area contributed by atoms with Gasteiger partial charge in [0.15, 0.2) is 0 Å². The van der Waals surface area contributed by atoms with Gasteiger partial charge in [0.25, 0.3) is 0 Å². The first-order valence-corrected chi connectivity index (χ1v) is 5.42. The van der Waals surface area contributed by atoms with Gasteiger partial charge >= 0.3 is 0 Å². The van der Waals surface area contributed by atoms with Crippen molar-refractivity contribution in [3.63, 3.8) is 0 Å². The summed E-state index contributed by atoms with van der Waals surface area (Å²) in [5.74, 6) is 0. The van der Waals surface area contributed by atoms with Crippen molar-refractivity contribution in [1.82, 2.24) is 4.57 Å². The Hall–Kier alpha value is -1.31. The Morgan fingerprint density at radius 1 is 1.06 bits per heavy atom. The Morgan fingerprint density at radius 3 is 1.75 bits per heavy atom. The van der Waals surface area contributed by atoms with E-state index in [1.165, 1.54) is 16.8 Å². The van der Waals surface area contributed by atoms with E-state index in [9.17, 15) is 4.39 Å². The number of hydrogen-bond donors (Lipinski definition) is 0. The molecule has 1 rings (SSSR count). The lowest BCUT2D eigenvalue weighted by molar-refractivity contribution is 0.636. The van der Waals surface area contributed by atoms with E-state index in [1.807, 2.05) is 33.0 Å². The maximum atomic E-state index is 9.50. The van der Waals surface area contributed by atoms with Gasteiger partial charge < -0.3 is 4.57 Å². The molecule has 0 aromatic carbocycles. The molecule has 0 saturated heterocycles. The molecule has 0 bridgehead atoms. The minimum absolute atomic E-state index is 0.500. The van der Waals surface area contributed by atoms with Gasteiger partial charge in [-0.25, -0.2) is 0 Å². The molecule has 0 N–H and O–H groups in total. The van der Waals surface area contributed by atoms with Crippen LogP contribution in [-0.2, 0) is 7.05 Å². The molecule has 0 aliphatic heterocycles. The third kappa shape index (κ3) is 3.37. The zero-order valence-corrected chi connectivity index (χ0v) is 11.4. The van der Waals surface area contributed by atoms with Crippen LogP contribution in [0, 0.1) is 13.8 Å². The molecular formula is C14H24FN. The molecule has 0 atom stereocenters. The number of nitrogens with zero attached hydrogens (tertiary/aromatic N) is 1. The van der Waals surface area contributed by atoms with Gasteiger partial charge in [-0.05, 0) is 25.5 Å². The van der Waals surface area contributed by atoms with Crippen molar-refractivity contribution < 1.29 is 4.39 Å². The number of alkyl halides is 1. The molecule has 1 nitrogen and oxygen atoms in total. The lowest BCUT2D eigenvalue weighted by atomic mass is 10.1. The molecule has 0 unspecified atom stereocenters. The smallest absolute Gasteiger partial charge is 0.0785 e. The van der Waals surface area contributed by atoms with Crippen LogP contribution in [0.15, 0.2) is 13.2 Å². The van der Waals surface area contributed by atoms with Gasteiger partial charge in [0.1, 0.15) is 0 Å². The van der Waals surface area contributed by atoms with Gasteiger partial charge in [-0.2, -0.15) is 0 Å². The second-order valence-electron chi connectivity index (χ2n) is 2.98. The predicted molar refractivity (Wildman–Crippen MR) is 73.4 cm³/mol. The fraction of sp³-hybridized carbons (Fsp3) is 0.429. The van der Waals surface area contributed by atoms with E-state index in [-0.39, 0.29) is 0 Å². The average Bonchev–Trinajstić information content (AvgIpc) is 2.57. The van der Waals surface area contributed by atoms with Crippen LogP contribution in [0.5, 0.6) is 0 Å². The molecule has 0 aliphatic carbocycles. The fourth-order valence-electron chi connectivity index (χ4n) is 1.50. The second-order valence-corrected chi connectivity index (χ2v) is 2.98. The molecule has 1 heterocycles. The predicted octanol–water partition coefficient (Wildman–Crippen LogP) is 4.54. The highest BCUT2D eigenvalue weighted by Crippen LogP contribution is 2.22. The fourth-order valence-corrected chi connectivity index (χ4v) is 1.50. The average molecular weight is 225 g/mol. The monoisotopic (exact) mass is 225 g/mol. The van der Waals surface area contributed by atoms with Crippen LogP contribution >= 0.6 is 0 Å². The summed E-state index contributed by atoms with van der Waals surface area (Å²) in [4.78, 5) is 0. The Kier molecular flexibility index (Phi) is 9.57. The summed E-state index contributed by atoms with van der Waals surface area (Å²) in [7, 11) is 2.55. The largest absolute Gasteiger partial charge is 0.348 e. The SMILES string of the molecule is C=Cc1c(C)c(C)n(C)c1C=C.CC.CF. The van der Waals surface area contributed by atoms with Gasteiger partial charge in [-0.15, -0.1) is 0 Å². The molecule has 16 heavy (non-hydrogen) atoms. The third-order valence-electron chi connectivity index (χ3n) is 2.48. The molecule has 1 aromatic heterocycles. The summed E-state index contributed by atoms with van der Waals surface area (Å²) in [5, 5.41) is 0. The normalized spacial score (nSPS) is 8.19. The van der Waals surface area contributed by atoms with E-state index in [4.69, 9.17) is 0 Å². The van der Waals surface area contributed by atoms with E-state index in [0.29, 0.717) is 7.18 Å². The number of hydrogen-bond acceptors (Lipinski definition) is 0. The van der Waals surface area contributed by atoms with Gasteiger partial charge in [-0.3, -0.25) is 4.39 Å². The van der Waals surface area contributed by atoms with Crippen LogP contribution in [0.4, 0.5) is 4.39 Å². The zero-order chi connectivity index (χ0) is 13.3. The van der Waals surface area contributed by atoms with Crippen molar-refractivity contribution in [3.05, 3.63) is 35.7 Å². The first-order chi connectivity index (χ1) is 7.63. The van der Waals surface area contributed by atoms with E-state index in [1.54, 1.807) is 0 Å². The topological polar surface area (TPSA) is 4.93 Å². The number of halogens is 1. The standard InChI is InChI=1S/C11H15N.C2H6.CH3F/c1-6-10-8(3)9(4)12(5)11(10)7-2;2*1-2/h6-7H,1-2H2,3-5H3;1-2H3;1H3. The maximum Gasteiger partial charge on any atom is 0.0785 e. The minimum atomic E-state index is 0.500. The molecule has 1 aromatic rings.